The first kappa shape index (κ1) is 16.6. The van der Waals surface area contributed by atoms with Crippen LogP contribution in [0.5, 0.6) is 0 Å². The fraction of sp³-hybridized carbons (Fsp3) is 0.500. The largest absolute Gasteiger partial charge is 0.421 e. The van der Waals surface area contributed by atoms with Crippen LogP contribution in [-0.4, -0.2) is 48.9 Å². The van der Waals surface area contributed by atoms with E-state index in [1.807, 2.05) is 0 Å². The number of hydrogen-bond donors (Lipinski definition) is 0. The monoisotopic (exact) mass is 367 g/mol. The predicted octanol–water partition coefficient (Wildman–Crippen LogP) is 1.62. The Morgan fingerprint density at radius 3 is 2.60 bits per heavy atom. The van der Waals surface area contributed by atoms with Crippen molar-refractivity contribution < 1.29 is 22.0 Å². The topological polar surface area (TPSA) is 85.5 Å². The lowest BCUT2D eigenvalue weighted by Crippen LogP contribution is -2.41. The van der Waals surface area contributed by atoms with Crippen molar-refractivity contribution in [3.05, 3.63) is 47.4 Å². The molecule has 1 saturated heterocycles. The number of hydrogen-bond acceptors (Lipinski definition) is 6. The molecule has 1 aliphatic carbocycles. The van der Waals surface area contributed by atoms with Crippen molar-refractivity contribution >= 4 is 10.0 Å². The van der Waals surface area contributed by atoms with Gasteiger partial charge in [0.15, 0.2) is 0 Å². The van der Waals surface area contributed by atoms with Crippen LogP contribution in [0.2, 0.25) is 0 Å². The minimum absolute atomic E-state index is 0.157. The van der Waals surface area contributed by atoms with Crippen molar-refractivity contribution in [2.75, 3.05) is 26.0 Å². The van der Waals surface area contributed by atoms with E-state index < -0.39 is 16.1 Å². The van der Waals surface area contributed by atoms with E-state index in [0.717, 1.165) is 18.4 Å². The molecular weight excluding hydrogens is 349 g/mol. The highest BCUT2D eigenvalue weighted by Crippen LogP contribution is 2.53. The van der Waals surface area contributed by atoms with Crippen molar-refractivity contribution in [3.63, 3.8) is 0 Å². The van der Waals surface area contributed by atoms with E-state index in [-0.39, 0.29) is 30.3 Å². The van der Waals surface area contributed by atoms with Crippen LogP contribution in [0.4, 0.5) is 4.39 Å². The molecule has 2 fully saturated rings. The average Bonchev–Trinajstić information content (AvgIpc) is 3.24. The van der Waals surface area contributed by atoms with Gasteiger partial charge in [0.2, 0.25) is 21.8 Å². The molecule has 1 atom stereocenters. The summed E-state index contributed by atoms with van der Waals surface area (Å²) < 4.78 is 49.4. The Balaban J connectivity index is 1.57. The maximum absolute atomic E-state index is 13.2. The van der Waals surface area contributed by atoms with Crippen LogP contribution in [-0.2, 0) is 20.2 Å². The van der Waals surface area contributed by atoms with E-state index in [2.05, 4.69) is 10.2 Å². The molecular formula is C16H18FN3O4S. The fourth-order valence-electron chi connectivity index (χ4n) is 3.15. The molecule has 134 valence electrons. The highest BCUT2D eigenvalue weighted by atomic mass is 32.2. The number of benzene rings is 1. The van der Waals surface area contributed by atoms with Gasteiger partial charge >= 0.3 is 0 Å². The number of morpholine rings is 1. The second-order valence-corrected chi connectivity index (χ2v) is 8.50. The van der Waals surface area contributed by atoms with Crippen LogP contribution in [0.1, 0.15) is 36.3 Å². The number of sulfonamides is 1. The third-order valence-electron chi connectivity index (χ3n) is 4.77. The molecule has 2 aliphatic rings. The summed E-state index contributed by atoms with van der Waals surface area (Å²) in [6.07, 6.45) is 2.29. The van der Waals surface area contributed by atoms with E-state index in [0.29, 0.717) is 12.4 Å². The summed E-state index contributed by atoms with van der Waals surface area (Å²) in [6.45, 7) is 0.748. The van der Waals surface area contributed by atoms with Gasteiger partial charge in [0.25, 0.3) is 0 Å². The van der Waals surface area contributed by atoms with E-state index >= 15 is 0 Å². The molecule has 0 amide bonds. The summed E-state index contributed by atoms with van der Waals surface area (Å²) in [5.74, 6) is 0.452. The Kier molecular flexibility index (Phi) is 3.89. The zero-order chi connectivity index (χ0) is 17.7. The van der Waals surface area contributed by atoms with Crippen molar-refractivity contribution in [1.82, 2.24) is 14.5 Å². The molecule has 1 aromatic carbocycles. The Morgan fingerprint density at radius 1 is 1.24 bits per heavy atom. The third-order valence-corrected chi connectivity index (χ3v) is 6.04. The fourth-order valence-corrected chi connectivity index (χ4v) is 3.97. The van der Waals surface area contributed by atoms with Gasteiger partial charge in [-0.1, -0.05) is 12.1 Å². The molecule has 1 aromatic heterocycles. The standard InChI is InChI=1S/C16H18FN3O4S/c1-25(21,22)20-8-9-23-13(10-20)14-18-19-15(24-14)16(6-7-16)11-2-4-12(17)5-3-11/h2-5,13H,6-10H2,1H3. The molecule has 0 radical (unpaired) electrons. The highest BCUT2D eigenvalue weighted by Gasteiger charge is 2.51. The minimum Gasteiger partial charge on any atom is -0.421 e. The van der Waals surface area contributed by atoms with Crippen molar-refractivity contribution in [3.8, 4) is 0 Å². The number of ether oxygens (including phenoxy) is 1. The summed E-state index contributed by atoms with van der Waals surface area (Å²) in [4.78, 5) is 0. The maximum atomic E-state index is 13.2. The molecule has 0 bridgehead atoms. The lowest BCUT2D eigenvalue weighted by molar-refractivity contribution is -0.0177. The molecule has 4 rings (SSSR count). The van der Waals surface area contributed by atoms with Crippen LogP contribution in [0.25, 0.3) is 0 Å². The SMILES string of the molecule is CS(=O)(=O)N1CCOC(c2nnc(C3(c4ccc(F)cc4)CC3)o2)C1. The molecule has 25 heavy (non-hydrogen) atoms. The van der Waals surface area contributed by atoms with Gasteiger partial charge in [0.05, 0.1) is 18.3 Å². The van der Waals surface area contributed by atoms with Gasteiger partial charge in [-0.2, -0.15) is 4.31 Å². The third kappa shape index (κ3) is 3.07. The number of aromatic nitrogens is 2. The quantitative estimate of drug-likeness (QED) is 0.816. The lowest BCUT2D eigenvalue weighted by Gasteiger charge is -2.29. The average molecular weight is 367 g/mol. The van der Waals surface area contributed by atoms with Gasteiger partial charge in [-0.05, 0) is 30.5 Å². The first-order valence-electron chi connectivity index (χ1n) is 8.05. The summed E-state index contributed by atoms with van der Waals surface area (Å²) in [6, 6.07) is 6.30. The van der Waals surface area contributed by atoms with E-state index in [1.54, 1.807) is 12.1 Å². The predicted molar refractivity (Wildman–Crippen MR) is 85.8 cm³/mol. The Morgan fingerprint density at radius 2 is 1.96 bits per heavy atom. The van der Waals surface area contributed by atoms with E-state index in [9.17, 15) is 12.8 Å². The Labute approximate surface area is 144 Å². The van der Waals surface area contributed by atoms with Crippen LogP contribution in [0.15, 0.2) is 28.7 Å². The molecule has 1 aliphatic heterocycles. The van der Waals surface area contributed by atoms with Crippen LogP contribution in [0.3, 0.4) is 0 Å². The number of rotatable bonds is 4. The molecule has 0 N–H and O–H groups in total. The lowest BCUT2D eigenvalue weighted by atomic mass is 9.96. The van der Waals surface area contributed by atoms with Gasteiger partial charge < -0.3 is 9.15 Å². The number of nitrogens with zero attached hydrogens (tertiary/aromatic N) is 3. The van der Waals surface area contributed by atoms with Gasteiger partial charge in [-0.3, -0.25) is 0 Å². The van der Waals surface area contributed by atoms with Crippen molar-refractivity contribution in [1.29, 1.82) is 0 Å². The van der Waals surface area contributed by atoms with Crippen molar-refractivity contribution in [2.24, 2.45) is 0 Å². The summed E-state index contributed by atoms with van der Waals surface area (Å²) in [5.41, 5.74) is 0.566. The second-order valence-electron chi connectivity index (χ2n) is 6.51. The smallest absolute Gasteiger partial charge is 0.246 e. The van der Waals surface area contributed by atoms with Gasteiger partial charge in [0, 0.05) is 13.1 Å². The molecule has 1 saturated carbocycles. The Bertz CT molecular complexity index is 877. The molecule has 7 nitrogen and oxygen atoms in total. The first-order valence-corrected chi connectivity index (χ1v) is 9.90. The number of halogens is 1. The molecule has 2 heterocycles. The second kappa shape index (κ2) is 5.86. The zero-order valence-corrected chi connectivity index (χ0v) is 14.5. The van der Waals surface area contributed by atoms with Crippen LogP contribution < -0.4 is 0 Å². The van der Waals surface area contributed by atoms with Gasteiger partial charge in [-0.25, -0.2) is 12.8 Å². The van der Waals surface area contributed by atoms with Crippen LogP contribution in [0, 0.1) is 5.82 Å². The summed E-state index contributed by atoms with van der Waals surface area (Å²) in [7, 11) is -3.30. The molecule has 2 aromatic rings. The summed E-state index contributed by atoms with van der Waals surface area (Å²) >= 11 is 0. The molecule has 9 heteroatoms. The van der Waals surface area contributed by atoms with E-state index in [4.69, 9.17) is 9.15 Å². The van der Waals surface area contributed by atoms with E-state index in [1.165, 1.54) is 22.7 Å². The zero-order valence-electron chi connectivity index (χ0n) is 13.7. The minimum atomic E-state index is -3.30. The molecule has 1 unspecified atom stereocenters. The van der Waals surface area contributed by atoms with Crippen molar-refractivity contribution in [2.45, 2.75) is 24.4 Å². The maximum Gasteiger partial charge on any atom is 0.246 e. The van der Waals surface area contributed by atoms with Gasteiger partial charge in [-0.15, -0.1) is 10.2 Å². The Hall–Kier alpha value is -1.84. The van der Waals surface area contributed by atoms with Crippen LogP contribution >= 0.6 is 0 Å². The molecule has 0 spiro atoms. The summed E-state index contributed by atoms with van der Waals surface area (Å²) in [5, 5.41) is 8.22. The normalized spacial score (nSPS) is 23.5. The highest BCUT2D eigenvalue weighted by molar-refractivity contribution is 7.88. The van der Waals surface area contributed by atoms with Gasteiger partial charge in [0.1, 0.15) is 11.9 Å². The first-order chi connectivity index (χ1) is 11.9.